The minimum atomic E-state index is -1.27. The number of carbonyl (C=O) groups excluding carboxylic acids is 1. The van der Waals surface area contributed by atoms with Crippen LogP contribution in [-0.2, 0) is 16.1 Å². The topological polar surface area (TPSA) is 79.7 Å². The molecular weight excluding hydrogens is 444 g/mol. The molecule has 126 valence electrons. The van der Waals surface area contributed by atoms with Crippen molar-refractivity contribution in [2.75, 3.05) is 7.05 Å². The number of halogens is 2. The van der Waals surface area contributed by atoms with Gasteiger partial charge in [0.05, 0.1) is 5.69 Å². The molecule has 1 atom stereocenters. The van der Waals surface area contributed by atoms with Crippen LogP contribution in [0.1, 0.15) is 17.3 Å². The van der Waals surface area contributed by atoms with E-state index in [0.717, 1.165) is 10.5 Å². The largest absolute Gasteiger partial charge is 0.479 e. The summed E-state index contributed by atoms with van der Waals surface area (Å²) in [4.78, 5) is 28.9. The highest BCUT2D eigenvalue weighted by Gasteiger charge is 2.32. The first-order valence-corrected chi connectivity index (χ1v) is 8.46. The van der Waals surface area contributed by atoms with E-state index in [-0.39, 0.29) is 12.3 Å². The summed E-state index contributed by atoms with van der Waals surface area (Å²) in [6.07, 6.45) is 0.724. The van der Waals surface area contributed by atoms with Crippen LogP contribution in [0.25, 0.3) is 0 Å². The van der Waals surface area contributed by atoms with Crippen molar-refractivity contribution in [3.05, 3.63) is 62.8 Å². The van der Waals surface area contributed by atoms with Crippen molar-refractivity contribution >= 4 is 43.9 Å². The number of carboxylic acids is 1. The van der Waals surface area contributed by atoms with Crippen LogP contribution >= 0.6 is 31.9 Å². The van der Waals surface area contributed by atoms with Gasteiger partial charge >= 0.3 is 12.1 Å². The van der Waals surface area contributed by atoms with Gasteiger partial charge in [-0.05, 0) is 43.5 Å². The number of hydrogen-bond donors (Lipinski definition) is 1. The summed E-state index contributed by atoms with van der Waals surface area (Å²) in [6.45, 7) is 0.0608. The number of aromatic nitrogens is 1. The van der Waals surface area contributed by atoms with Crippen LogP contribution in [0.15, 0.2) is 51.5 Å². The lowest BCUT2D eigenvalue weighted by molar-refractivity contribution is -0.142. The number of ether oxygens (including phenoxy) is 1. The van der Waals surface area contributed by atoms with E-state index in [2.05, 4.69) is 36.8 Å². The van der Waals surface area contributed by atoms with Gasteiger partial charge in [-0.1, -0.05) is 30.3 Å². The molecule has 1 unspecified atom stereocenters. The molecule has 1 N–H and O–H groups in total. The minimum Gasteiger partial charge on any atom is -0.479 e. The average molecular weight is 458 g/mol. The molecule has 0 saturated heterocycles. The molecule has 1 aromatic heterocycles. The van der Waals surface area contributed by atoms with Gasteiger partial charge in [0, 0.05) is 22.2 Å². The minimum absolute atomic E-state index is 0.0608. The van der Waals surface area contributed by atoms with E-state index >= 15 is 0 Å². The number of aliphatic carboxylic acids is 1. The van der Waals surface area contributed by atoms with Crippen molar-refractivity contribution in [3.8, 4) is 0 Å². The molecule has 2 aromatic rings. The molecule has 1 heterocycles. The zero-order valence-corrected chi connectivity index (χ0v) is 15.8. The monoisotopic (exact) mass is 456 g/mol. The SMILES string of the molecule is CN(C(=O)OCc1ccccc1)C(C(=O)O)c1ncc(Br)cc1Br. The molecule has 8 heteroatoms. The van der Waals surface area contributed by atoms with Crippen LogP contribution in [0.4, 0.5) is 4.79 Å². The molecule has 1 amide bonds. The lowest BCUT2D eigenvalue weighted by atomic mass is 10.1. The molecule has 0 aliphatic carbocycles. The van der Waals surface area contributed by atoms with E-state index in [1.54, 1.807) is 6.07 Å². The third kappa shape index (κ3) is 4.55. The van der Waals surface area contributed by atoms with Gasteiger partial charge in [0.25, 0.3) is 0 Å². The van der Waals surface area contributed by atoms with Crippen LogP contribution in [0, 0.1) is 0 Å². The van der Waals surface area contributed by atoms with Crippen LogP contribution in [0.3, 0.4) is 0 Å². The van der Waals surface area contributed by atoms with Gasteiger partial charge in [0.1, 0.15) is 6.61 Å². The lowest BCUT2D eigenvalue weighted by Crippen LogP contribution is -2.37. The third-order valence-electron chi connectivity index (χ3n) is 3.21. The Labute approximate surface area is 155 Å². The number of carbonyl (C=O) groups is 2. The van der Waals surface area contributed by atoms with E-state index in [1.165, 1.54) is 13.2 Å². The lowest BCUT2D eigenvalue weighted by Gasteiger charge is -2.24. The molecular formula is C16H14Br2N2O4. The molecule has 1 aromatic carbocycles. The van der Waals surface area contributed by atoms with Crippen LogP contribution in [0.2, 0.25) is 0 Å². The molecule has 0 fully saturated rings. The van der Waals surface area contributed by atoms with Gasteiger partial charge in [-0.25, -0.2) is 9.59 Å². The van der Waals surface area contributed by atoms with Gasteiger partial charge in [-0.3, -0.25) is 9.88 Å². The first-order valence-electron chi connectivity index (χ1n) is 6.87. The number of benzene rings is 1. The Morgan fingerprint density at radius 1 is 1.29 bits per heavy atom. The van der Waals surface area contributed by atoms with Crippen molar-refractivity contribution in [1.29, 1.82) is 0 Å². The normalized spacial score (nSPS) is 11.6. The number of rotatable bonds is 5. The number of hydrogen-bond acceptors (Lipinski definition) is 4. The second-order valence-electron chi connectivity index (χ2n) is 4.91. The zero-order chi connectivity index (χ0) is 17.7. The number of carboxylic acid groups (broad SMARTS) is 1. The molecule has 0 radical (unpaired) electrons. The second kappa shape index (κ2) is 8.25. The highest BCUT2D eigenvalue weighted by molar-refractivity contribution is 9.11. The fraction of sp³-hybridized carbons (Fsp3) is 0.188. The first-order chi connectivity index (χ1) is 11.4. The van der Waals surface area contributed by atoms with Gasteiger partial charge in [-0.15, -0.1) is 0 Å². The summed E-state index contributed by atoms with van der Waals surface area (Å²) in [6, 6.07) is 9.54. The summed E-state index contributed by atoms with van der Waals surface area (Å²) in [5.41, 5.74) is 1.03. The third-order valence-corrected chi connectivity index (χ3v) is 4.28. The van der Waals surface area contributed by atoms with Crippen molar-refractivity contribution in [1.82, 2.24) is 9.88 Å². The Hall–Kier alpha value is -1.93. The maximum absolute atomic E-state index is 12.2. The molecule has 0 spiro atoms. The highest BCUT2D eigenvalue weighted by atomic mass is 79.9. The number of amides is 1. The first kappa shape index (κ1) is 18.4. The quantitative estimate of drug-likeness (QED) is 0.733. The molecule has 0 bridgehead atoms. The maximum atomic E-state index is 12.2. The van der Waals surface area contributed by atoms with E-state index < -0.39 is 18.1 Å². The van der Waals surface area contributed by atoms with Crippen LogP contribution in [0.5, 0.6) is 0 Å². The Morgan fingerprint density at radius 3 is 2.54 bits per heavy atom. The summed E-state index contributed by atoms with van der Waals surface area (Å²) >= 11 is 6.53. The fourth-order valence-corrected chi connectivity index (χ4v) is 3.22. The standard InChI is InChI=1S/C16H14Br2N2O4/c1-20(16(23)24-9-10-5-3-2-4-6-10)14(15(21)22)13-12(18)7-11(17)8-19-13/h2-8,14H,9H2,1H3,(H,21,22). The molecule has 24 heavy (non-hydrogen) atoms. The van der Waals surface area contributed by atoms with Crippen LogP contribution in [-0.4, -0.2) is 34.1 Å². The summed E-state index contributed by atoms with van der Waals surface area (Å²) in [5.74, 6) is -1.20. The van der Waals surface area contributed by atoms with Gasteiger partial charge in [0.2, 0.25) is 0 Å². The van der Waals surface area contributed by atoms with Gasteiger partial charge in [-0.2, -0.15) is 0 Å². The molecule has 0 aliphatic heterocycles. The second-order valence-corrected chi connectivity index (χ2v) is 6.68. The van der Waals surface area contributed by atoms with Crippen LogP contribution < -0.4 is 0 Å². The maximum Gasteiger partial charge on any atom is 0.410 e. The Kier molecular flexibility index (Phi) is 6.33. The molecule has 6 nitrogen and oxygen atoms in total. The summed E-state index contributed by atoms with van der Waals surface area (Å²) < 4.78 is 6.35. The number of likely N-dealkylation sites (N-methyl/N-ethyl adjacent to an activating group) is 1. The smallest absolute Gasteiger partial charge is 0.410 e. The Morgan fingerprint density at radius 2 is 1.96 bits per heavy atom. The summed E-state index contributed by atoms with van der Waals surface area (Å²) in [5, 5.41) is 9.50. The average Bonchev–Trinajstić information content (AvgIpc) is 2.55. The van der Waals surface area contributed by atoms with E-state index in [0.29, 0.717) is 8.95 Å². The Bertz CT molecular complexity index is 740. The fourth-order valence-electron chi connectivity index (χ4n) is 2.02. The number of nitrogens with zero attached hydrogens (tertiary/aromatic N) is 2. The van der Waals surface area contributed by atoms with Crippen molar-refractivity contribution in [3.63, 3.8) is 0 Å². The molecule has 0 saturated carbocycles. The van der Waals surface area contributed by atoms with Crippen molar-refractivity contribution < 1.29 is 19.4 Å². The number of pyridine rings is 1. The highest BCUT2D eigenvalue weighted by Crippen LogP contribution is 2.28. The molecule has 2 rings (SSSR count). The summed E-state index contributed by atoms with van der Waals surface area (Å²) in [7, 11) is 1.36. The van der Waals surface area contributed by atoms with Crippen molar-refractivity contribution in [2.45, 2.75) is 12.6 Å². The van der Waals surface area contributed by atoms with Gasteiger partial charge in [0.15, 0.2) is 6.04 Å². The van der Waals surface area contributed by atoms with Gasteiger partial charge < -0.3 is 9.84 Å². The van der Waals surface area contributed by atoms with Crippen molar-refractivity contribution in [2.24, 2.45) is 0 Å². The Balaban J connectivity index is 2.15. The van der Waals surface area contributed by atoms with E-state index in [4.69, 9.17) is 4.74 Å². The van der Waals surface area contributed by atoms with E-state index in [9.17, 15) is 14.7 Å². The predicted octanol–water partition coefficient (Wildman–Crippen LogP) is 4.00. The molecule has 0 aliphatic rings. The van der Waals surface area contributed by atoms with E-state index in [1.807, 2.05) is 30.3 Å². The zero-order valence-electron chi connectivity index (χ0n) is 12.6. The predicted molar refractivity (Wildman–Crippen MR) is 94.4 cm³/mol.